The lowest BCUT2D eigenvalue weighted by atomic mass is 10.3. The molecule has 1 aliphatic heterocycles. The largest absolute Gasteiger partial charge is 1.00 e. The number of hydrogen-bond donors (Lipinski definition) is 2. The Morgan fingerprint density at radius 1 is 1.54 bits per heavy atom. The summed E-state index contributed by atoms with van der Waals surface area (Å²) in [5.41, 5.74) is 0.512. The highest BCUT2D eigenvalue weighted by Crippen LogP contribution is 1.87. The summed E-state index contributed by atoms with van der Waals surface area (Å²) in [4.78, 5) is 13.7. The molecular formula is C7H10Cl2N2O2. The number of carbonyl (C=O) groups is 1. The molecule has 0 saturated heterocycles. The summed E-state index contributed by atoms with van der Waals surface area (Å²) < 4.78 is 4.52. The maximum absolute atomic E-state index is 10.9. The maximum atomic E-state index is 10.9. The van der Waals surface area contributed by atoms with Crippen LogP contribution in [-0.2, 0) is 9.53 Å². The van der Waals surface area contributed by atoms with E-state index < -0.39 is 0 Å². The van der Waals surface area contributed by atoms with Crippen molar-refractivity contribution in [1.82, 2.24) is 0 Å². The summed E-state index contributed by atoms with van der Waals surface area (Å²) in [7, 11) is 1.36. The van der Waals surface area contributed by atoms with Gasteiger partial charge in [-0.25, -0.2) is 9.79 Å². The van der Waals surface area contributed by atoms with Crippen LogP contribution in [0.3, 0.4) is 0 Å². The van der Waals surface area contributed by atoms with Gasteiger partial charge in [0, 0.05) is 0 Å². The molecule has 6 heteroatoms. The Balaban J connectivity index is 0. The Labute approximate surface area is 88.6 Å². The molecule has 0 unspecified atom stereocenters. The zero-order valence-electron chi connectivity index (χ0n) is 6.96. The van der Waals surface area contributed by atoms with Crippen molar-refractivity contribution >= 4 is 12.2 Å². The Kier molecular flexibility index (Phi) is 8.79. The van der Waals surface area contributed by atoms with Crippen molar-refractivity contribution in [2.24, 2.45) is 0 Å². The molecule has 0 aliphatic carbocycles. The number of ether oxygens (including phenoxy) is 1. The predicted octanol–water partition coefficient (Wildman–Crippen LogP) is -8.75. The first kappa shape index (κ1) is 14.7. The number of carbonyl (C=O) groups excluding carboxylic acids is 1. The highest BCUT2D eigenvalue weighted by molar-refractivity contribution is 6.07. The van der Waals surface area contributed by atoms with Crippen LogP contribution in [0.5, 0.6) is 0 Å². The van der Waals surface area contributed by atoms with Crippen LogP contribution in [0.25, 0.3) is 0 Å². The van der Waals surface area contributed by atoms with Gasteiger partial charge in [0.2, 0.25) is 6.20 Å². The van der Waals surface area contributed by atoms with Gasteiger partial charge >= 0.3 is 5.97 Å². The quantitative estimate of drug-likeness (QED) is 0.435. The normalized spacial score (nSPS) is 13.2. The summed E-state index contributed by atoms with van der Waals surface area (Å²) in [5.74, 6) is -0.336. The van der Waals surface area contributed by atoms with Gasteiger partial charge in [-0.1, -0.05) is 0 Å². The van der Waals surface area contributed by atoms with Crippen LogP contribution in [0, 0.1) is 0 Å². The highest BCUT2D eigenvalue weighted by Gasteiger charge is 2.12. The zero-order valence-corrected chi connectivity index (χ0v) is 8.47. The smallest absolute Gasteiger partial charge is 0.349 e. The minimum Gasteiger partial charge on any atom is -1.00 e. The molecule has 0 aromatic rings. The van der Waals surface area contributed by atoms with Gasteiger partial charge in [0.25, 0.3) is 0 Å². The van der Waals surface area contributed by atoms with Gasteiger partial charge in [-0.15, -0.1) is 0 Å². The number of hydrogen-bond acceptors (Lipinski definition) is 2. The second kappa shape index (κ2) is 7.79. The van der Waals surface area contributed by atoms with Gasteiger partial charge in [0.15, 0.2) is 18.0 Å². The van der Waals surface area contributed by atoms with E-state index in [-0.39, 0.29) is 30.8 Å². The predicted molar refractivity (Wildman–Crippen MR) is 38.2 cm³/mol. The zero-order chi connectivity index (χ0) is 8.10. The van der Waals surface area contributed by atoms with Crippen molar-refractivity contribution in [3.8, 4) is 0 Å². The van der Waals surface area contributed by atoms with E-state index in [9.17, 15) is 4.79 Å². The van der Waals surface area contributed by atoms with Crippen LogP contribution in [0.2, 0.25) is 0 Å². The lowest BCUT2D eigenvalue weighted by Crippen LogP contribution is -3.00. The van der Waals surface area contributed by atoms with Crippen LogP contribution >= 0.6 is 0 Å². The molecule has 0 aromatic carbocycles. The molecule has 1 heterocycles. The minimum atomic E-state index is -0.336. The summed E-state index contributed by atoms with van der Waals surface area (Å²) in [6.45, 7) is 0. The van der Waals surface area contributed by atoms with E-state index in [1.54, 1.807) is 30.1 Å². The van der Waals surface area contributed by atoms with Crippen molar-refractivity contribution in [2.75, 3.05) is 7.11 Å². The molecule has 1 aliphatic rings. The van der Waals surface area contributed by atoms with Gasteiger partial charge in [-0.3, -0.25) is 5.32 Å². The molecule has 0 atom stereocenters. The number of methoxy groups -OCH3 is 1. The fraction of sp³-hybridized carbons (Fsp3) is 0.143. The molecule has 0 fully saturated rings. The molecule has 0 bridgehead atoms. The van der Waals surface area contributed by atoms with Crippen molar-refractivity contribution in [3.63, 3.8) is 0 Å². The average molecular weight is 225 g/mol. The van der Waals surface area contributed by atoms with Gasteiger partial charge < -0.3 is 29.6 Å². The molecule has 0 saturated carbocycles. The molecule has 0 amide bonds. The Hall–Kier alpha value is -0.840. The van der Waals surface area contributed by atoms with Crippen molar-refractivity contribution < 1.29 is 44.7 Å². The molecule has 74 valence electrons. The fourth-order valence-electron chi connectivity index (χ4n) is 0.701. The van der Waals surface area contributed by atoms with Crippen LogP contribution in [-0.4, -0.2) is 19.3 Å². The van der Waals surface area contributed by atoms with E-state index in [0.717, 1.165) is 0 Å². The first-order valence-corrected chi connectivity index (χ1v) is 3.22. The number of nitrogens with one attached hydrogen (secondary N) is 1. The third-order valence-electron chi connectivity index (χ3n) is 1.24. The second-order valence-corrected chi connectivity index (χ2v) is 1.98. The van der Waals surface area contributed by atoms with E-state index in [0.29, 0.717) is 5.57 Å². The summed E-state index contributed by atoms with van der Waals surface area (Å²) in [6.07, 6.45) is 6.80. The molecule has 1 rings (SSSR count). The Morgan fingerprint density at radius 3 is 2.85 bits per heavy atom. The van der Waals surface area contributed by atoms with E-state index in [4.69, 9.17) is 0 Å². The first-order valence-electron chi connectivity index (χ1n) is 3.22. The molecular weight excluding hydrogens is 215 g/mol. The average Bonchev–Trinajstić information content (AvgIpc) is 2.30. The van der Waals surface area contributed by atoms with Gasteiger partial charge in [0.1, 0.15) is 6.20 Å². The van der Waals surface area contributed by atoms with Crippen molar-refractivity contribution in [2.45, 2.75) is 0 Å². The SMILES string of the molecule is COC(=O)C1=C[NH2+]C=C[NH+]=C1.[Cl-].[Cl-]. The number of halogens is 2. The van der Waals surface area contributed by atoms with Crippen LogP contribution in [0.1, 0.15) is 0 Å². The number of quaternary nitrogens is 1. The van der Waals surface area contributed by atoms with Gasteiger partial charge in [-0.2, -0.15) is 0 Å². The van der Waals surface area contributed by atoms with Gasteiger partial charge in [0.05, 0.1) is 7.11 Å². The highest BCUT2D eigenvalue weighted by atomic mass is 35.5. The molecule has 3 N–H and O–H groups in total. The molecule has 0 spiro atoms. The molecule has 4 nitrogen and oxygen atoms in total. The number of esters is 1. The lowest BCUT2D eigenvalue weighted by molar-refractivity contribution is -0.521. The Bertz CT molecular complexity index is 249. The third-order valence-corrected chi connectivity index (χ3v) is 1.24. The fourth-order valence-corrected chi connectivity index (χ4v) is 0.701. The van der Waals surface area contributed by atoms with Crippen molar-refractivity contribution in [1.29, 1.82) is 0 Å². The standard InChI is InChI=1S/C7H8N2O2.2ClH/c1-11-7(10)6-4-8-2-3-9-5-6;;/h2-5,8H,1H3;2*1H. The van der Waals surface area contributed by atoms with E-state index in [2.05, 4.69) is 9.73 Å². The topological polar surface area (TPSA) is 56.9 Å². The summed E-state index contributed by atoms with van der Waals surface area (Å²) in [5, 5.41) is 1.77. The third kappa shape index (κ3) is 4.67. The second-order valence-electron chi connectivity index (χ2n) is 1.98. The first-order chi connectivity index (χ1) is 5.34. The summed E-state index contributed by atoms with van der Waals surface area (Å²) >= 11 is 0. The van der Waals surface area contributed by atoms with Crippen LogP contribution in [0.15, 0.2) is 24.2 Å². The van der Waals surface area contributed by atoms with E-state index >= 15 is 0 Å². The molecule has 0 radical (unpaired) electrons. The van der Waals surface area contributed by atoms with Crippen LogP contribution in [0.4, 0.5) is 0 Å². The number of nitrogens with two attached hydrogens (primary N) is 1. The Morgan fingerprint density at radius 2 is 2.23 bits per heavy atom. The lowest BCUT2D eigenvalue weighted by Gasteiger charge is -1.91. The van der Waals surface area contributed by atoms with E-state index in [1.807, 2.05) is 0 Å². The summed E-state index contributed by atoms with van der Waals surface area (Å²) in [6, 6.07) is 0. The maximum Gasteiger partial charge on any atom is 0.349 e. The molecule has 0 aromatic heterocycles. The van der Waals surface area contributed by atoms with Crippen molar-refractivity contribution in [3.05, 3.63) is 24.2 Å². The number of rotatable bonds is 1. The monoisotopic (exact) mass is 224 g/mol. The minimum absolute atomic E-state index is 0. The van der Waals surface area contributed by atoms with E-state index in [1.165, 1.54) is 7.11 Å². The molecule has 13 heavy (non-hydrogen) atoms. The van der Waals surface area contributed by atoms with Gasteiger partial charge in [-0.05, 0) is 0 Å². The van der Waals surface area contributed by atoms with Crippen LogP contribution < -0.4 is 35.1 Å².